The van der Waals surface area contributed by atoms with Crippen molar-refractivity contribution in [2.45, 2.75) is 19.8 Å². The SMILES string of the molecule is COC(=O)C1CCN(C(=O)c2ccc(-n3ccnc3C)nn2)CC1. The van der Waals surface area contributed by atoms with E-state index < -0.39 is 0 Å². The number of methoxy groups -OCH3 is 1. The van der Waals surface area contributed by atoms with Crippen LogP contribution in [0.2, 0.25) is 0 Å². The van der Waals surface area contributed by atoms with Gasteiger partial charge in [-0.25, -0.2) is 4.98 Å². The molecule has 0 aliphatic carbocycles. The first-order valence-corrected chi connectivity index (χ1v) is 7.81. The summed E-state index contributed by atoms with van der Waals surface area (Å²) in [6, 6.07) is 3.41. The summed E-state index contributed by atoms with van der Waals surface area (Å²) < 4.78 is 6.55. The molecule has 24 heavy (non-hydrogen) atoms. The summed E-state index contributed by atoms with van der Waals surface area (Å²) in [5, 5.41) is 8.15. The molecule has 2 aromatic heterocycles. The van der Waals surface area contributed by atoms with Crippen LogP contribution in [0.1, 0.15) is 29.2 Å². The molecular formula is C16H19N5O3. The smallest absolute Gasteiger partial charge is 0.308 e. The summed E-state index contributed by atoms with van der Waals surface area (Å²) in [5.41, 5.74) is 0.299. The number of esters is 1. The third-order valence-corrected chi connectivity index (χ3v) is 4.26. The number of rotatable bonds is 3. The molecule has 126 valence electrons. The Balaban J connectivity index is 1.66. The van der Waals surface area contributed by atoms with Crippen molar-refractivity contribution >= 4 is 11.9 Å². The molecule has 1 aliphatic heterocycles. The molecule has 0 radical (unpaired) electrons. The number of hydrogen-bond acceptors (Lipinski definition) is 6. The molecular weight excluding hydrogens is 310 g/mol. The van der Waals surface area contributed by atoms with Crippen LogP contribution in [0.15, 0.2) is 24.5 Å². The first-order valence-electron chi connectivity index (χ1n) is 7.81. The predicted octanol–water partition coefficient (Wildman–Crippen LogP) is 0.996. The normalized spacial score (nSPS) is 15.3. The first-order chi connectivity index (χ1) is 11.6. The summed E-state index contributed by atoms with van der Waals surface area (Å²) in [6.45, 7) is 2.90. The number of hydrogen-bond donors (Lipinski definition) is 0. The van der Waals surface area contributed by atoms with Crippen LogP contribution in [0.3, 0.4) is 0 Å². The maximum Gasteiger partial charge on any atom is 0.308 e. The average molecular weight is 329 g/mol. The highest BCUT2D eigenvalue weighted by molar-refractivity contribution is 5.92. The number of carbonyl (C=O) groups excluding carboxylic acids is 2. The highest BCUT2D eigenvalue weighted by atomic mass is 16.5. The van der Waals surface area contributed by atoms with E-state index >= 15 is 0 Å². The van der Waals surface area contributed by atoms with Gasteiger partial charge in [0.05, 0.1) is 13.0 Å². The number of aryl methyl sites for hydroxylation is 1. The van der Waals surface area contributed by atoms with Gasteiger partial charge in [-0.2, -0.15) is 0 Å². The molecule has 0 N–H and O–H groups in total. The van der Waals surface area contributed by atoms with Gasteiger partial charge in [-0.1, -0.05) is 0 Å². The van der Waals surface area contributed by atoms with Crippen molar-refractivity contribution in [1.82, 2.24) is 24.6 Å². The van der Waals surface area contributed by atoms with Gasteiger partial charge >= 0.3 is 5.97 Å². The van der Waals surface area contributed by atoms with Crippen LogP contribution in [0.4, 0.5) is 0 Å². The Morgan fingerprint density at radius 2 is 1.96 bits per heavy atom. The van der Waals surface area contributed by atoms with E-state index in [2.05, 4.69) is 15.2 Å². The number of piperidine rings is 1. The Morgan fingerprint density at radius 3 is 2.50 bits per heavy atom. The lowest BCUT2D eigenvalue weighted by atomic mass is 9.97. The molecule has 1 amide bonds. The third kappa shape index (κ3) is 3.12. The van der Waals surface area contributed by atoms with Gasteiger partial charge in [0.1, 0.15) is 5.82 Å². The summed E-state index contributed by atoms with van der Waals surface area (Å²) in [6.07, 6.45) is 4.69. The molecule has 1 saturated heterocycles. The summed E-state index contributed by atoms with van der Waals surface area (Å²) >= 11 is 0. The fourth-order valence-corrected chi connectivity index (χ4v) is 2.83. The molecule has 0 saturated carbocycles. The van der Waals surface area contributed by atoms with E-state index in [4.69, 9.17) is 4.74 Å². The highest BCUT2D eigenvalue weighted by Crippen LogP contribution is 2.19. The van der Waals surface area contributed by atoms with E-state index in [0.29, 0.717) is 37.4 Å². The molecule has 0 unspecified atom stereocenters. The highest BCUT2D eigenvalue weighted by Gasteiger charge is 2.28. The fourth-order valence-electron chi connectivity index (χ4n) is 2.83. The summed E-state index contributed by atoms with van der Waals surface area (Å²) in [5.74, 6) is 0.914. The van der Waals surface area contributed by atoms with E-state index in [0.717, 1.165) is 5.82 Å². The van der Waals surface area contributed by atoms with Gasteiger partial charge in [0.15, 0.2) is 11.5 Å². The summed E-state index contributed by atoms with van der Waals surface area (Å²) in [4.78, 5) is 29.9. The molecule has 0 atom stereocenters. The molecule has 1 fully saturated rings. The Morgan fingerprint density at radius 1 is 1.21 bits per heavy atom. The molecule has 3 heterocycles. The van der Waals surface area contributed by atoms with Gasteiger partial charge in [0.25, 0.3) is 5.91 Å². The largest absolute Gasteiger partial charge is 0.469 e. The van der Waals surface area contributed by atoms with Crippen LogP contribution in [0.5, 0.6) is 0 Å². The predicted molar refractivity (Wildman–Crippen MR) is 84.5 cm³/mol. The van der Waals surface area contributed by atoms with Crippen molar-refractivity contribution in [2.24, 2.45) is 5.92 Å². The Labute approximate surface area is 139 Å². The quantitative estimate of drug-likeness (QED) is 0.780. The Kier molecular flexibility index (Phi) is 4.54. The Hall–Kier alpha value is -2.77. The zero-order valence-corrected chi connectivity index (χ0v) is 13.7. The van der Waals surface area contributed by atoms with E-state index in [1.165, 1.54) is 7.11 Å². The number of imidazole rings is 1. The zero-order chi connectivity index (χ0) is 17.1. The van der Waals surface area contributed by atoms with Crippen molar-refractivity contribution in [3.8, 4) is 5.82 Å². The number of ether oxygens (including phenoxy) is 1. The van der Waals surface area contributed by atoms with Gasteiger partial charge in [-0.05, 0) is 31.9 Å². The first kappa shape index (κ1) is 16.1. The molecule has 8 nitrogen and oxygen atoms in total. The number of aromatic nitrogens is 4. The van der Waals surface area contributed by atoms with Gasteiger partial charge in [-0.3, -0.25) is 14.2 Å². The van der Waals surface area contributed by atoms with Crippen molar-refractivity contribution in [3.05, 3.63) is 36.0 Å². The minimum absolute atomic E-state index is 0.128. The zero-order valence-electron chi connectivity index (χ0n) is 13.7. The van der Waals surface area contributed by atoms with E-state index in [1.54, 1.807) is 34.0 Å². The van der Waals surface area contributed by atoms with Crippen LogP contribution in [-0.4, -0.2) is 56.7 Å². The molecule has 8 heteroatoms. The van der Waals surface area contributed by atoms with E-state index in [1.807, 2.05) is 6.92 Å². The topological polar surface area (TPSA) is 90.2 Å². The number of amides is 1. The van der Waals surface area contributed by atoms with Crippen LogP contribution >= 0.6 is 0 Å². The average Bonchev–Trinajstić information content (AvgIpc) is 3.06. The summed E-state index contributed by atoms with van der Waals surface area (Å²) in [7, 11) is 1.39. The minimum Gasteiger partial charge on any atom is -0.469 e. The molecule has 2 aromatic rings. The molecule has 0 aromatic carbocycles. The minimum atomic E-state index is -0.207. The lowest BCUT2D eigenvalue weighted by Gasteiger charge is -2.30. The molecule has 0 bridgehead atoms. The number of likely N-dealkylation sites (tertiary alicyclic amines) is 1. The Bertz CT molecular complexity index is 732. The molecule has 0 spiro atoms. The lowest BCUT2D eigenvalue weighted by molar-refractivity contribution is -0.146. The monoisotopic (exact) mass is 329 g/mol. The van der Waals surface area contributed by atoms with Gasteiger partial charge in [0.2, 0.25) is 0 Å². The van der Waals surface area contributed by atoms with Crippen LogP contribution in [0.25, 0.3) is 5.82 Å². The third-order valence-electron chi connectivity index (χ3n) is 4.26. The second kappa shape index (κ2) is 6.77. The van der Waals surface area contributed by atoms with Crippen LogP contribution in [0, 0.1) is 12.8 Å². The molecule has 1 aliphatic rings. The van der Waals surface area contributed by atoms with Crippen molar-refractivity contribution in [1.29, 1.82) is 0 Å². The second-order valence-corrected chi connectivity index (χ2v) is 5.71. The lowest BCUT2D eigenvalue weighted by Crippen LogP contribution is -2.40. The van der Waals surface area contributed by atoms with Crippen molar-refractivity contribution in [3.63, 3.8) is 0 Å². The van der Waals surface area contributed by atoms with Crippen molar-refractivity contribution < 1.29 is 14.3 Å². The second-order valence-electron chi connectivity index (χ2n) is 5.71. The standard InChI is InChI=1S/C16H19N5O3/c1-11-17-7-10-21(11)14-4-3-13(18-19-14)15(22)20-8-5-12(6-9-20)16(23)24-2/h3-4,7,10,12H,5-6,8-9H2,1-2H3. The van der Waals surface area contributed by atoms with Crippen molar-refractivity contribution in [2.75, 3.05) is 20.2 Å². The number of carbonyl (C=O) groups is 2. The van der Waals surface area contributed by atoms with Crippen LogP contribution < -0.4 is 0 Å². The maximum atomic E-state index is 12.5. The van der Waals surface area contributed by atoms with Gasteiger partial charge in [-0.15, -0.1) is 10.2 Å². The van der Waals surface area contributed by atoms with E-state index in [-0.39, 0.29) is 17.8 Å². The molecule has 3 rings (SSSR count). The van der Waals surface area contributed by atoms with E-state index in [9.17, 15) is 9.59 Å². The van der Waals surface area contributed by atoms with Gasteiger partial charge in [0, 0.05) is 25.5 Å². The van der Waals surface area contributed by atoms with Crippen LogP contribution in [-0.2, 0) is 9.53 Å². The maximum absolute atomic E-state index is 12.5. The fraction of sp³-hybridized carbons (Fsp3) is 0.438. The number of nitrogens with zero attached hydrogens (tertiary/aromatic N) is 5. The van der Waals surface area contributed by atoms with Gasteiger partial charge < -0.3 is 9.64 Å².